The molecule has 19 heavy (non-hydrogen) atoms. The Labute approximate surface area is 114 Å². The van der Waals surface area contributed by atoms with Gasteiger partial charge in [-0.15, -0.1) is 0 Å². The molecule has 2 N–H and O–H groups in total. The number of hydrogen-bond donors (Lipinski definition) is 1. The molecule has 0 spiro atoms. The summed E-state index contributed by atoms with van der Waals surface area (Å²) in [4.78, 5) is 11.2. The Kier molecular flexibility index (Phi) is 3.88. The molecule has 2 aromatic rings. The van der Waals surface area contributed by atoms with E-state index >= 15 is 0 Å². The molecule has 0 bridgehead atoms. The highest BCUT2D eigenvalue weighted by molar-refractivity contribution is 5.79. The highest BCUT2D eigenvalue weighted by Gasteiger charge is 2.16. The highest BCUT2D eigenvalue weighted by atomic mass is 15.2. The average Bonchev–Trinajstić information content (AvgIpc) is 2.36. The molecule has 0 saturated carbocycles. The molecule has 1 aromatic carbocycles. The fourth-order valence-corrected chi connectivity index (χ4v) is 2.31. The Morgan fingerprint density at radius 3 is 2.26 bits per heavy atom. The number of nitrogens with zero attached hydrogens (tertiary/aromatic N) is 3. The van der Waals surface area contributed by atoms with Crippen LogP contribution in [0.2, 0.25) is 0 Å². The number of nitrogens with two attached hydrogens (primary N) is 1. The Balaban J connectivity index is 2.36. The maximum Gasteiger partial charge on any atom is 0.172 e. The van der Waals surface area contributed by atoms with Gasteiger partial charge in [0.05, 0.1) is 11.0 Å². The van der Waals surface area contributed by atoms with Crippen LogP contribution in [0.1, 0.15) is 27.2 Å². The van der Waals surface area contributed by atoms with Crippen LogP contribution in [0.25, 0.3) is 11.0 Å². The lowest BCUT2D eigenvalue weighted by Crippen LogP contribution is -2.31. The van der Waals surface area contributed by atoms with Crippen molar-refractivity contribution in [2.24, 2.45) is 5.92 Å². The number of fused-ring (bicyclic) bond motifs is 1. The zero-order chi connectivity index (χ0) is 14.0. The lowest BCUT2D eigenvalue weighted by molar-refractivity contribution is 0.502. The Morgan fingerprint density at radius 1 is 1.11 bits per heavy atom. The Morgan fingerprint density at radius 2 is 1.68 bits per heavy atom. The van der Waals surface area contributed by atoms with Crippen LogP contribution in [-0.4, -0.2) is 23.1 Å². The molecule has 102 valence electrons. The van der Waals surface area contributed by atoms with Crippen LogP contribution in [-0.2, 0) is 0 Å². The molecule has 1 unspecified atom stereocenters. The van der Waals surface area contributed by atoms with Crippen LogP contribution >= 0.6 is 0 Å². The normalized spacial score (nSPS) is 12.9. The van der Waals surface area contributed by atoms with Gasteiger partial charge in [0.1, 0.15) is 0 Å². The van der Waals surface area contributed by atoms with Crippen LogP contribution in [0.15, 0.2) is 24.3 Å². The van der Waals surface area contributed by atoms with Gasteiger partial charge in [-0.05, 0) is 31.4 Å². The first-order chi connectivity index (χ1) is 8.99. The molecule has 1 aromatic heterocycles. The van der Waals surface area contributed by atoms with Crippen LogP contribution in [0, 0.1) is 5.92 Å². The predicted molar refractivity (Wildman–Crippen MR) is 81.3 cm³/mol. The Bertz CT molecular complexity index is 565. The van der Waals surface area contributed by atoms with E-state index in [0.717, 1.165) is 23.3 Å². The van der Waals surface area contributed by atoms with Crippen LogP contribution < -0.4 is 10.6 Å². The number of nitrogen functional groups attached to an aromatic ring is 1. The third-order valence-corrected chi connectivity index (χ3v) is 3.39. The first-order valence-electron chi connectivity index (χ1n) is 6.74. The minimum atomic E-state index is 0.387. The second-order valence-electron chi connectivity index (χ2n) is 5.51. The molecule has 0 aliphatic heterocycles. The van der Waals surface area contributed by atoms with Crippen molar-refractivity contribution in [1.29, 1.82) is 0 Å². The van der Waals surface area contributed by atoms with Crippen molar-refractivity contribution in [3.05, 3.63) is 24.3 Å². The third-order valence-electron chi connectivity index (χ3n) is 3.39. The number of rotatable bonds is 4. The number of aromatic nitrogens is 2. The third kappa shape index (κ3) is 2.95. The second-order valence-corrected chi connectivity index (χ2v) is 5.51. The summed E-state index contributed by atoms with van der Waals surface area (Å²) >= 11 is 0. The van der Waals surface area contributed by atoms with Crippen molar-refractivity contribution < 1.29 is 0 Å². The zero-order valence-corrected chi connectivity index (χ0v) is 12.1. The number of para-hydroxylation sites is 2. The molecular formula is C15H22N4. The van der Waals surface area contributed by atoms with E-state index in [-0.39, 0.29) is 0 Å². The summed E-state index contributed by atoms with van der Waals surface area (Å²) < 4.78 is 0. The van der Waals surface area contributed by atoms with E-state index in [1.165, 1.54) is 0 Å². The van der Waals surface area contributed by atoms with Crippen molar-refractivity contribution in [2.45, 2.75) is 33.2 Å². The van der Waals surface area contributed by atoms with Crippen molar-refractivity contribution in [1.82, 2.24) is 9.97 Å². The molecule has 1 atom stereocenters. The van der Waals surface area contributed by atoms with Crippen molar-refractivity contribution in [3.8, 4) is 0 Å². The van der Waals surface area contributed by atoms with Gasteiger partial charge in [0.2, 0.25) is 0 Å². The molecule has 0 saturated heterocycles. The fourth-order valence-electron chi connectivity index (χ4n) is 2.31. The predicted octanol–water partition coefficient (Wildman–Crippen LogP) is 3.08. The lowest BCUT2D eigenvalue weighted by Gasteiger charge is -2.28. The van der Waals surface area contributed by atoms with Crippen molar-refractivity contribution >= 4 is 22.7 Å². The van der Waals surface area contributed by atoms with Gasteiger partial charge >= 0.3 is 0 Å². The van der Waals surface area contributed by atoms with E-state index in [9.17, 15) is 0 Å². The highest BCUT2D eigenvalue weighted by Crippen LogP contribution is 2.24. The van der Waals surface area contributed by atoms with Gasteiger partial charge in [-0.25, -0.2) is 9.97 Å². The molecule has 4 nitrogen and oxygen atoms in total. The largest absolute Gasteiger partial charge is 0.381 e. The summed E-state index contributed by atoms with van der Waals surface area (Å²) in [5.41, 5.74) is 7.77. The molecule has 0 aliphatic carbocycles. The summed E-state index contributed by atoms with van der Waals surface area (Å²) in [7, 11) is 2.03. The topological polar surface area (TPSA) is 55.0 Å². The van der Waals surface area contributed by atoms with Gasteiger partial charge in [0.25, 0.3) is 0 Å². The van der Waals surface area contributed by atoms with Crippen LogP contribution in [0.3, 0.4) is 0 Å². The molecule has 0 amide bonds. The summed E-state index contributed by atoms with van der Waals surface area (Å²) in [6.07, 6.45) is 1.10. The van der Waals surface area contributed by atoms with Gasteiger partial charge in [-0.2, -0.15) is 0 Å². The summed E-state index contributed by atoms with van der Waals surface area (Å²) in [5.74, 6) is 1.91. The SMILES string of the molecule is CC(C)CC(C)N(C)c1nc2ccccc2nc1N. The van der Waals surface area contributed by atoms with Gasteiger partial charge in [0, 0.05) is 13.1 Å². The minimum absolute atomic E-state index is 0.387. The first kappa shape index (κ1) is 13.6. The van der Waals surface area contributed by atoms with Crippen LogP contribution in [0.5, 0.6) is 0 Å². The van der Waals surface area contributed by atoms with E-state index in [1.807, 2.05) is 31.3 Å². The second kappa shape index (κ2) is 5.43. The van der Waals surface area contributed by atoms with Crippen LogP contribution in [0.4, 0.5) is 11.6 Å². The summed E-state index contributed by atoms with van der Waals surface area (Å²) in [6.45, 7) is 6.63. The van der Waals surface area contributed by atoms with E-state index < -0.39 is 0 Å². The maximum absolute atomic E-state index is 6.04. The average molecular weight is 258 g/mol. The van der Waals surface area contributed by atoms with Crippen molar-refractivity contribution in [2.75, 3.05) is 17.7 Å². The van der Waals surface area contributed by atoms with Gasteiger partial charge in [-0.3, -0.25) is 0 Å². The first-order valence-corrected chi connectivity index (χ1v) is 6.74. The maximum atomic E-state index is 6.04. The summed E-state index contributed by atoms with van der Waals surface area (Å²) in [5, 5.41) is 0. The number of hydrogen-bond acceptors (Lipinski definition) is 4. The van der Waals surface area contributed by atoms with Gasteiger partial charge < -0.3 is 10.6 Å². The van der Waals surface area contributed by atoms with E-state index in [1.54, 1.807) is 0 Å². The minimum Gasteiger partial charge on any atom is -0.381 e. The molecule has 0 aliphatic rings. The summed E-state index contributed by atoms with van der Waals surface area (Å²) in [6, 6.07) is 8.19. The van der Waals surface area contributed by atoms with E-state index in [0.29, 0.717) is 17.8 Å². The van der Waals surface area contributed by atoms with E-state index in [4.69, 9.17) is 5.73 Å². The zero-order valence-electron chi connectivity index (χ0n) is 12.1. The molecule has 0 fully saturated rings. The van der Waals surface area contributed by atoms with Crippen molar-refractivity contribution in [3.63, 3.8) is 0 Å². The molecular weight excluding hydrogens is 236 g/mol. The smallest absolute Gasteiger partial charge is 0.172 e. The fraction of sp³-hybridized carbons (Fsp3) is 0.467. The molecule has 2 rings (SSSR count). The molecule has 1 heterocycles. The van der Waals surface area contributed by atoms with Gasteiger partial charge in [0.15, 0.2) is 11.6 Å². The number of benzene rings is 1. The number of anilines is 2. The van der Waals surface area contributed by atoms with E-state index in [2.05, 4.69) is 35.6 Å². The van der Waals surface area contributed by atoms with Gasteiger partial charge in [-0.1, -0.05) is 26.0 Å². The molecule has 0 radical (unpaired) electrons. The lowest BCUT2D eigenvalue weighted by atomic mass is 10.0. The standard InChI is InChI=1S/C15H22N4/c1-10(2)9-11(3)19(4)15-14(16)17-12-7-5-6-8-13(12)18-15/h5-8,10-11H,9H2,1-4H3,(H2,16,17). The quantitative estimate of drug-likeness (QED) is 0.915. The monoisotopic (exact) mass is 258 g/mol. The Hall–Kier alpha value is -1.84. The molecule has 4 heteroatoms.